The number of rotatable bonds is 12. The fourth-order valence-corrected chi connectivity index (χ4v) is 6.52. The van der Waals surface area contributed by atoms with Crippen molar-refractivity contribution in [3.8, 4) is 11.5 Å². The van der Waals surface area contributed by atoms with Gasteiger partial charge in [0.2, 0.25) is 0 Å². The number of methoxy groups -OCH3 is 2. The van der Waals surface area contributed by atoms with Crippen LogP contribution in [0.5, 0.6) is 11.5 Å². The lowest BCUT2D eigenvalue weighted by atomic mass is 9.93. The Kier molecular flexibility index (Phi) is 11.5. The predicted octanol–water partition coefficient (Wildman–Crippen LogP) is 13.2. The van der Waals surface area contributed by atoms with Crippen LogP contribution < -0.4 is 9.47 Å². The van der Waals surface area contributed by atoms with Gasteiger partial charge >= 0.3 is 0 Å². The highest BCUT2D eigenvalue weighted by Gasteiger charge is 2.09. The third kappa shape index (κ3) is 8.75. The van der Waals surface area contributed by atoms with Gasteiger partial charge in [-0.2, -0.15) is 0 Å². The van der Waals surface area contributed by atoms with Crippen LogP contribution in [0.2, 0.25) is 0 Å². The summed E-state index contributed by atoms with van der Waals surface area (Å²) in [6, 6.07) is 63.2. The standard InChI is InChI=1S/C52H42O2/c1-53-49-33-29-45(30-34-49)51(43-19-5-3-6-20-43)37-47-23-13-11-17-41(47)27-25-39-15-9-10-16-40(39)26-28-42-18-12-14-24-48(42)38-52(44-21-7-4-8-22-44)46-31-35-50(54-2)36-32-46/h3-38H,1-2H3. The molecule has 2 heteroatoms. The van der Waals surface area contributed by atoms with Gasteiger partial charge in [0.25, 0.3) is 0 Å². The number of hydrogen-bond acceptors (Lipinski definition) is 2. The molecular formula is C52H42O2. The summed E-state index contributed by atoms with van der Waals surface area (Å²) in [5, 5.41) is 0. The van der Waals surface area contributed by atoms with E-state index in [-0.39, 0.29) is 0 Å². The maximum atomic E-state index is 5.44. The Balaban J connectivity index is 1.21. The first-order valence-electron chi connectivity index (χ1n) is 18.1. The Hall–Kier alpha value is -6.90. The molecule has 0 fully saturated rings. The summed E-state index contributed by atoms with van der Waals surface area (Å²) < 4.78 is 10.9. The van der Waals surface area contributed by atoms with Crippen LogP contribution in [0, 0.1) is 0 Å². The molecule has 7 aromatic carbocycles. The minimum atomic E-state index is 0.840. The van der Waals surface area contributed by atoms with Gasteiger partial charge in [0.15, 0.2) is 0 Å². The third-order valence-corrected chi connectivity index (χ3v) is 9.44. The highest BCUT2D eigenvalue weighted by atomic mass is 16.5. The van der Waals surface area contributed by atoms with E-state index in [0.717, 1.165) is 78.3 Å². The second-order valence-electron chi connectivity index (χ2n) is 12.9. The van der Waals surface area contributed by atoms with E-state index in [0.29, 0.717) is 0 Å². The van der Waals surface area contributed by atoms with Crippen molar-refractivity contribution in [1.29, 1.82) is 0 Å². The molecule has 0 spiro atoms. The average Bonchev–Trinajstić information content (AvgIpc) is 3.25. The molecule has 0 aliphatic heterocycles. The van der Waals surface area contributed by atoms with E-state index >= 15 is 0 Å². The highest BCUT2D eigenvalue weighted by molar-refractivity contribution is 5.95. The summed E-state index contributed by atoms with van der Waals surface area (Å²) in [4.78, 5) is 0. The lowest BCUT2D eigenvalue weighted by molar-refractivity contribution is 0.414. The molecule has 0 saturated heterocycles. The second kappa shape index (κ2) is 17.5. The maximum absolute atomic E-state index is 5.44. The normalized spacial score (nSPS) is 12.0. The monoisotopic (exact) mass is 698 g/mol. The van der Waals surface area contributed by atoms with Gasteiger partial charge in [0, 0.05) is 0 Å². The van der Waals surface area contributed by atoms with E-state index in [1.807, 2.05) is 24.3 Å². The molecule has 0 aliphatic rings. The fourth-order valence-electron chi connectivity index (χ4n) is 6.52. The molecule has 54 heavy (non-hydrogen) atoms. The molecule has 2 nitrogen and oxygen atoms in total. The van der Waals surface area contributed by atoms with Crippen molar-refractivity contribution in [2.75, 3.05) is 14.2 Å². The first kappa shape index (κ1) is 35.5. The Bertz CT molecular complexity index is 2240. The van der Waals surface area contributed by atoms with E-state index in [1.165, 1.54) is 0 Å². The maximum Gasteiger partial charge on any atom is 0.118 e. The quantitative estimate of drug-likeness (QED) is 0.118. The molecule has 262 valence electrons. The number of hydrogen-bond donors (Lipinski definition) is 0. The van der Waals surface area contributed by atoms with Crippen molar-refractivity contribution in [1.82, 2.24) is 0 Å². The largest absolute Gasteiger partial charge is 0.497 e. The van der Waals surface area contributed by atoms with Crippen LogP contribution in [0.3, 0.4) is 0 Å². The van der Waals surface area contributed by atoms with Gasteiger partial charge in [-0.1, -0.05) is 182 Å². The molecule has 0 unspecified atom stereocenters. The molecule has 7 rings (SSSR count). The van der Waals surface area contributed by atoms with Crippen molar-refractivity contribution < 1.29 is 9.47 Å². The Morgan fingerprint density at radius 2 is 0.556 bits per heavy atom. The second-order valence-corrected chi connectivity index (χ2v) is 12.9. The summed E-state index contributed by atoms with van der Waals surface area (Å²) in [6.07, 6.45) is 13.4. The minimum absolute atomic E-state index is 0.840. The Labute approximate surface area is 319 Å². The summed E-state index contributed by atoms with van der Waals surface area (Å²) in [7, 11) is 3.39. The molecule has 0 aliphatic carbocycles. The molecule has 7 aromatic rings. The zero-order valence-electron chi connectivity index (χ0n) is 30.6. The van der Waals surface area contributed by atoms with E-state index in [2.05, 4.69) is 194 Å². The number of benzene rings is 7. The summed E-state index contributed by atoms with van der Waals surface area (Å²) in [5.41, 5.74) is 13.7. The Morgan fingerprint density at radius 3 is 0.870 bits per heavy atom. The zero-order chi connectivity index (χ0) is 37.0. The first-order chi connectivity index (χ1) is 26.7. The van der Waals surface area contributed by atoms with Crippen molar-refractivity contribution in [2.24, 2.45) is 0 Å². The molecular weight excluding hydrogens is 657 g/mol. The lowest BCUT2D eigenvalue weighted by Gasteiger charge is -2.11. The summed E-state index contributed by atoms with van der Waals surface area (Å²) >= 11 is 0. The van der Waals surface area contributed by atoms with Gasteiger partial charge in [-0.15, -0.1) is 0 Å². The van der Waals surface area contributed by atoms with Crippen LogP contribution in [0.1, 0.15) is 55.6 Å². The molecule has 0 aromatic heterocycles. The topological polar surface area (TPSA) is 18.5 Å². The Morgan fingerprint density at radius 1 is 0.296 bits per heavy atom. The van der Waals surface area contributed by atoms with Gasteiger partial charge in [-0.25, -0.2) is 0 Å². The van der Waals surface area contributed by atoms with E-state index in [4.69, 9.17) is 9.47 Å². The van der Waals surface area contributed by atoms with Gasteiger partial charge in [-0.3, -0.25) is 0 Å². The number of ether oxygens (including phenoxy) is 2. The first-order valence-corrected chi connectivity index (χ1v) is 18.1. The molecule has 0 radical (unpaired) electrons. The van der Waals surface area contributed by atoms with Crippen molar-refractivity contribution in [3.63, 3.8) is 0 Å². The van der Waals surface area contributed by atoms with Crippen molar-refractivity contribution in [2.45, 2.75) is 0 Å². The van der Waals surface area contributed by atoms with Crippen LogP contribution in [0.25, 0.3) is 47.6 Å². The lowest BCUT2D eigenvalue weighted by Crippen LogP contribution is -1.91. The van der Waals surface area contributed by atoms with Crippen LogP contribution in [0.15, 0.2) is 182 Å². The highest BCUT2D eigenvalue weighted by Crippen LogP contribution is 2.31. The van der Waals surface area contributed by atoms with Crippen LogP contribution in [0.4, 0.5) is 0 Å². The SMILES string of the molecule is COc1ccc(C(=Cc2ccccc2C=Cc2ccccc2C=Cc2ccccc2C=C(c2ccccc2)c2ccc(OC)cc2)c2ccccc2)cc1. The molecule has 0 heterocycles. The molecule has 0 bridgehead atoms. The van der Waals surface area contributed by atoms with E-state index < -0.39 is 0 Å². The van der Waals surface area contributed by atoms with Gasteiger partial charge in [0.1, 0.15) is 11.5 Å². The van der Waals surface area contributed by atoms with E-state index in [1.54, 1.807) is 14.2 Å². The smallest absolute Gasteiger partial charge is 0.118 e. The van der Waals surface area contributed by atoms with Crippen molar-refractivity contribution >= 4 is 47.6 Å². The fraction of sp³-hybridized carbons (Fsp3) is 0.0385. The molecule has 0 atom stereocenters. The van der Waals surface area contributed by atoms with Crippen molar-refractivity contribution in [3.05, 3.63) is 238 Å². The van der Waals surface area contributed by atoms with Crippen LogP contribution in [-0.2, 0) is 0 Å². The molecule has 0 amide bonds. The van der Waals surface area contributed by atoms with Crippen LogP contribution >= 0.6 is 0 Å². The third-order valence-electron chi connectivity index (χ3n) is 9.44. The molecule has 0 N–H and O–H groups in total. The van der Waals surface area contributed by atoms with E-state index in [9.17, 15) is 0 Å². The zero-order valence-corrected chi connectivity index (χ0v) is 30.6. The average molecular weight is 699 g/mol. The predicted molar refractivity (Wildman–Crippen MR) is 230 cm³/mol. The summed E-state index contributed by atoms with van der Waals surface area (Å²) in [6.45, 7) is 0. The van der Waals surface area contributed by atoms with Crippen LogP contribution in [-0.4, -0.2) is 14.2 Å². The minimum Gasteiger partial charge on any atom is -0.497 e. The summed E-state index contributed by atoms with van der Waals surface area (Å²) in [5.74, 6) is 1.68. The van der Waals surface area contributed by atoms with Gasteiger partial charge in [-0.05, 0) is 103 Å². The molecule has 0 saturated carbocycles. The van der Waals surface area contributed by atoms with Gasteiger partial charge in [0.05, 0.1) is 14.2 Å². The van der Waals surface area contributed by atoms with Gasteiger partial charge < -0.3 is 9.47 Å².